The number of hydrogen-bond donors (Lipinski definition) is 2. The Morgan fingerprint density at radius 2 is 1.83 bits per heavy atom. The molecule has 0 spiro atoms. The lowest BCUT2D eigenvalue weighted by Gasteiger charge is -2.19. The van der Waals surface area contributed by atoms with Crippen molar-refractivity contribution in [2.75, 3.05) is 6.54 Å². The summed E-state index contributed by atoms with van der Waals surface area (Å²) < 4.78 is 0. The van der Waals surface area contributed by atoms with Crippen LogP contribution in [0.2, 0.25) is 0 Å². The van der Waals surface area contributed by atoms with E-state index in [-0.39, 0.29) is 11.1 Å². The van der Waals surface area contributed by atoms with Gasteiger partial charge in [0.15, 0.2) is 0 Å². The molecule has 2 heterocycles. The second kappa shape index (κ2) is 7.79. The maximum atomic E-state index is 12.4. The first-order valence-electron chi connectivity index (χ1n) is 9.64. The molecule has 1 aliphatic carbocycles. The van der Waals surface area contributed by atoms with Crippen molar-refractivity contribution in [1.82, 2.24) is 15.8 Å². The molecule has 0 radical (unpaired) electrons. The molecule has 150 valence electrons. The zero-order valence-electron chi connectivity index (χ0n) is 16.0. The Bertz CT molecular complexity index is 978. The van der Waals surface area contributed by atoms with Gasteiger partial charge < -0.3 is 0 Å². The predicted molar refractivity (Wildman–Crippen MR) is 108 cm³/mol. The third kappa shape index (κ3) is 3.67. The van der Waals surface area contributed by atoms with Crippen molar-refractivity contribution in [2.45, 2.75) is 32.6 Å². The fourth-order valence-corrected chi connectivity index (χ4v) is 4.92. The summed E-state index contributed by atoms with van der Waals surface area (Å²) in [6.45, 7) is 1.73. The first kappa shape index (κ1) is 19.3. The highest BCUT2D eigenvalue weighted by molar-refractivity contribution is 7.14. The fraction of sp³-hybridized carbons (Fsp3) is 0.333. The van der Waals surface area contributed by atoms with Gasteiger partial charge in [-0.15, -0.1) is 11.3 Å². The van der Waals surface area contributed by atoms with E-state index in [0.29, 0.717) is 10.8 Å². The number of hydrogen-bond acceptors (Lipinski definition) is 5. The summed E-state index contributed by atoms with van der Waals surface area (Å²) in [6.07, 6.45) is 4.24. The van der Waals surface area contributed by atoms with E-state index in [1.807, 2.05) is 6.07 Å². The average molecular weight is 411 g/mol. The summed E-state index contributed by atoms with van der Waals surface area (Å²) in [5.41, 5.74) is 6.46. The van der Waals surface area contributed by atoms with Crippen molar-refractivity contribution in [1.29, 1.82) is 0 Å². The molecule has 4 rings (SSSR count). The molecule has 2 N–H and O–H groups in total. The maximum Gasteiger partial charge on any atom is 0.279 e. The quantitative estimate of drug-likeness (QED) is 0.596. The molecule has 0 fully saturated rings. The van der Waals surface area contributed by atoms with Crippen molar-refractivity contribution < 1.29 is 19.2 Å². The monoisotopic (exact) mass is 411 g/mol. The van der Waals surface area contributed by atoms with Crippen LogP contribution in [0.5, 0.6) is 0 Å². The molecule has 1 aromatic heterocycles. The van der Waals surface area contributed by atoms with E-state index < -0.39 is 30.2 Å². The highest BCUT2D eigenvalue weighted by atomic mass is 32.1. The lowest BCUT2D eigenvalue weighted by molar-refractivity contribution is -0.122. The van der Waals surface area contributed by atoms with E-state index in [1.165, 1.54) is 21.8 Å². The fourth-order valence-electron chi connectivity index (χ4n) is 3.81. The summed E-state index contributed by atoms with van der Waals surface area (Å²) in [5, 5.41) is 0. The van der Waals surface area contributed by atoms with Crippen LogP contribution >= 0.6 is 11.3 Å². The number of thiophene rings is 1. The normalized spacial score (nSPS) is 17.7. The van der Waals surface area contributed by atoms with Gasteiger partial charge in [-0.3, -0.25) is 34.9 Å². The number of benzene rings is 1. The van der Waals surface area contributed by atoms with Crippen LogP contribution in [0.4, 0.5) is 0 Å². The third-order valence-electron chi connectivity index (χ3n) is 5.48. The van der Waals surface area contributed by atoms with Gasteiger partial charge in [-0.25, -0.2) is 0 Å². The number of nitrogens with zero attached hydrogens (tertiary/aromatic N) is 1. The Morgan fingerprint density at radius 3 is 2.48 bits per heavy atom. The van der Waals surface area contributed by atoms with Crippen LogP contribution in [0.25, 0.3) is 0 Å². The molecule has 8 heteroatoms. The largest absolute Gasteiger partial charge is 0.279 e. The molecule has 1 aliphatic heterocycles. The van der Waals surface area contributed by atoms with Gasteiger partial charge in [-0.05, 0) is 48.9 Å². The summed E-state index contributed by atoms with van der Waals surface area (Å²) in [5.74, 6) is -1.40. The minimum absolute atomic E-state index is 0.281. The number of nitrogens with one attached hydrogen (secondary N) is 2. The van der Waals surface area contributed by atoms with E-state index in [0.717, 1.165) is 30.6 Å². The van der Waals surface area contributed by atoms with E-state index in [9.17, 15) is 19.2 Å². The van der Waals surface area contributed by atoms with Crippen LogP contribution in [0.15, 0.2) is 30.3 Å². The van der Waals surface area contributed by atoms with Gasteiger partial charge in [0.2, 0.25) is 0 Å². The molecule has 0 saturated heterocycles. The first-order valence-corrected chi connectivity index (χ1v) is 10.5. The lowest BCUT2D eigenvalue weighted by atomic mass is 9.87. The molecule has 2 aromatic rings. The number of rotatable bonds is 4. The molecular formula is C21H21N3O4S. The van der Waals surface area contributed by atoms with E-state index >= 15 is 0 Å². The second-order valence-corrected chi connectivity index (χ2v) is 8.46. The van der Waals surface area contributed by atoms with Crippen LogP contribution in [0, 0.1) is 5.92 Å². The van der Waals surface area contributed by atoms with E-state index in [2.05, 4.69) is 17.8 Å². The summed E-state index contributed by atoms with van der Waals surface area (Å²) >= 11 is 1.45. The molecule has 7 nitrogen and oxygen atoms in total. The Morgan fingerprint density at radius 1 is 1.14 bits per heavy atom. The summed E-state index contributed by atoms with van der Waals surface area (Å²) in [7, 11) is 0. The number of amides is 4. The number of hydrazine groups is 1. The van der Waals surface area contributed by atoms with Crippen LogP contribution in [0.3, 0.4) is 0 Å². The Balaban J connectivity index is 1.34. The van der Waals surface area contributed by atoms with Crippen molar-refractivity contribution in [3.63, 3.8) is 0 Å². The van der Waals surface area contributed by atoms with Gasteiger partial charge in [0, 0.05) is 4.88 Å². The van der Waals surface area contributed by atoms with E-state index in [4.69, 9.17) is 0 Å². The number of carbonyl (C=O) groups is 4. The molecule has 29 heavy (non-hydrogen) atoms. The van der Waals surface area contributed by atoms with Crippen molar-refractivity contribution in [2.24, 2.45) is 5.92 Å². The third-order valence-corrected chi connectivity index (χ3v) is 6.72. The number of fused-ring (bicyclic) bond motifs is 2. The predicted octanol–water partition coefficient (Wildman–Crippen LogP) is 2.32. The molecule has 1 aromatic carbocycles. The molecule has 2 aliphatic rings. The van der Waals surface area contributed by atoms with Gasteiger partial charge >= 0.3 is 0 Å². The summed E-state index contributed by atoms with van der Waals surface area (Å²) in [6, 6.07) is 8.33. The number of carbonyl (C=O) groups excluding carboxylic acids is 4. The molecular weight excluding hydrogens is 390 g/mol. The Kier molecular flexibility index (Phi) is 5.19. The zero-order chi connectivity index (χ0) is 20.5. The standard InChI is InChI=1S/C21H21N3O4S/c1-2-12-7-8-16-13(9-12)10-17(29-16)19(26)23-22-18(25)11-24-20(27)14-5-3-4-6-15(14)21(24)28/h3-6,10,12H,2,7-9,11H2,1H3,(H,22,25)(H,23,26)/t12-/m0/s1. The first-order chi connectivity index (χ1) is 14.0. The molecule has 4 amide bonds. The molecule has 1 atom stereocenters. The van der Waals surface area contributed by atoms with Crippen LogP contribution < -0.4 is 10.9 Å². The van der Waals surface area contributed by atoms with Crippen molar-refractivity contribution in [3.8, 4) is 0 Å². The van der Waals surface area contributed by atoms with Crippen molar-refractivity contribution >= 4 is 35.0 Å². The SMILES string of the molecule is CC[C@H]1CCc2sc(C(=O)NNC(=O)CN3C(=O)c4ccccc4C3=O)cc2C1. The number of imide groups is 1. The average Bonchev–Trinajstić information content (AvgIpc) is 3.27. The highest BCUT2D eigenvalue weighted by Gasteiger charge is 2.36. The topological polar surface area (TPSA) is 95.6 Å². The van der Waals surface area contributed by atoms with Gasteiger partial charge in [-0.2, -0.15) is 0 Å². The molecule has 0 bridgehead atoms. The smallest absolute Gasteiger partial charge is 0.271 e. The van der Waals surface area contributed by atoms with Crippen LogP contribution in [0.1, 0.15) is 60.6 Å². The number of aryl methyl sites for hydroxylation is 1. The minimum Gasteiger partial charge on any atom is -0.271 e. The van der Waals surface area contributed by atoms with Crippen LogP contribution in [-0.2, 0) is 17.6 Å². The Hall–Kier alpha value is -3.00. The van der Waals surface area contributed by atoms with E-state index in [1.54, 1.807) is 24.3 Å². The lowest BCUT2D eigenvalue weighted by Crippen LogP contribution is -2.47. The van der Waals surface area contributed by atoms with Gasteiger partial charge in [0.25, 0.3) is 23.6 Å². The Labute approximate surface area is 172 Å². The maximum absolute atomic E-state index is 12.4. The zero-order valence-corrected chi connectivity index (χ0v) is 16.8. The second-order valence-electron chi connectivity index (χ2n) is 7.32. The van der Waals surface area contributed by atoms with Gasteiger partial charge in [-0.1, -0.05) is 25.5 Å². The van der Waals surface area contributed by atoms with Gasteiger partial charge in [0.05, 0.1) is 16.0 Å². The molecule has 0 unspecified atom stereocenters. The minimum atomic E-state index is -0.639. The summed E-state index contributed by atoms with van der Waals surface area (Å²) in [4.78, 5) is 51.9. The van der Waals surface area contributed by atoms with Crippen molar-refractivity contribution in [3.05, 3.63) is 56.8 Å². The molecule has 0 saturated carbocycles. The van der Waals surface area contributed by atoms with Gasteiger partial charge in [0.1, 0.15) is 6.54 Å². The van der Waals surface area contributed by atoms with Crippen LogP contribution in [-0.4, -0.2) is 35.1 Å². The highest BCUT2D eigenvalue weighted by Crippen LogP contribution is 2.33.